The number of benzene rings is 1. The predicted octanol–water partition coefficient (Wildman–Crippen LogP) is 3.43. The Morgan fingerprint density at radius 2 is 2.03 bits per heavy atom. The number of anilines is 2. The average Bonchev–Trinajstić information content (AvgIpc) is 3.29. The lowest BCUT2D eigenvalue weighted by Crippen LogP contribution is -2.36. The molecule has 0 radical (unpaired) electrons. The third-order valence-corrected chi connectivity index (χ3v) is 5.81. The lowest BCUT2D eigenvalue weighted by molar-refractivity contribution is 0.0857. The number of imidazole rings is 1. The number of carbonyl (C=O) groups is 1. The molecule has 1 fully saturated rings. The minimum absolute atomic E-state index is 0.144. The molecule has 4 aromatic rings. The monoisotopic (exact) mass is 434 g/mol. The van der Waals surface area contributed by atoms with Crippen LogP contribution in [0.1, 0.15) is 34.8 Å². The topological polar surface area (TPSA) is 103 Å². The number of hydrogen-bond donors (Lipinski definition) is 3. The first-order chi connectivity index (χ1) is 15.0. The van der Waals surface area contributed by atoms with Crippen LogP contribution in [0.4, 0.5) is 11.8 Å². The molecule has 1 aromatic carbocycles. The fraction of sp³-hybridized carbons (Fsp3) is 0.238. The summed E-state index contributed by atoms with van der Waals surface area (Å²) in [6.45, 7) is 0. The quantitative estimate of drug-likeness (QED) is 0.302. The fourth-order valence-corrected chi connectivity index (χ4v) is 4.03. The Hall–Kier alpha value is -3.37. The van der Waals surface area contributed by atoms with Gasteiger partial charge in [0.15, 0.2) is 5.82 Å². The molecule has 31 heavy (non-hydrogen) atoms. The van der Waals surface area contributed by atoms with E-state index in [0.29, 0.717) is 17.4 Å². The van der Waals surface area contributed by atoms with Crippen LogP contribution in [0.5, 0.6) is 0 Å². The highest BCUT2D eigenvalue weighted by atomic mass is 32.2. The summed E-state index contributed by atoms with van der Waals surface area (Å²) in [7, 11) is 3.56. The number of nitrogens with zero attached hydrogens (tertiary/aromatic N) is 5. The molecule has 10 heteroatoms. The van der Waals surface area contributed by atoms with Crippen molar-refractivity contribution in [1.29, 1.82) is 0 Å². The molecular formula is C21H22N8OS. The van der Waals surface area contributed by atoms with E-state index >= 15 is 0 Å². The second kappa shape index (κ2) is 8.05. The van der Waals surface area contributed by atoms with E-state index in [-0.39, 0.29) is 5.91 Å². The highest BCUT2D eigenvalue weighted by Gasteiger charge is 2.25. The van der Waals surface area contributed by atoms with Gasteiger partial charge < -0.3 is 5.32 Å². The zero-order valence-corrected chi connectivity index (χ0v) is 18.0. The number of fused-ring (bicyclic) bond motifs is 1. The molecule has 0 atom stereocenters. The Bertz CT molecular complexity index is 1230. The van der Waals surface area contributed by atoms with Gasteiger partial charge in [-0.15, -0.1) is 0 Å². The van der Waals surface area contributed by atoms with Crippen LogP contribution in [0.15, 0.2) is 58.7 Å². The molecule has 3 aromatic heterocycles. The van der Waals surface area contributed by atoms with E-state index in [9.17, 15) is 4.79 Å². The summed E-state index contributed by atoms with van der Waals surface area (Å²) in [6.07, 6.45) is 6.04. The van der Waals surface area contributed by atoms with Crippen molar-refractivity contribution in [3.8, 4) is 0 Å². The van der Waals surface area contributed by atoms with E-state index in [2.05, 4.69) is 25.9 Å². The summed E-state index contributed by atoms with van der Waals surface area (Å²) in [5.41, 5.74) is 5.29. The first kappa shape index (κ1) is 19.6. The summed E-state index contributed by atoms with van der Waals surface area (Å²) in [5, 5.41) is 13.2. The van der Waals surface area contributed by atoms with Crippen LogP contribution < -0.4 is 10.7 Å². The van der Waals surface area contributed by atoms with Gasteiger partial charge in [-0.3, -0.25) is 19.7 Å². The maximum atomic E-state index is 12.1. The van der Waals surface area contributed by atoms with Gasteiger partial charge in [-0.2, -0.15) is 5.10 Å². The summed E-state index contributed by atoms with van der Waals surface area (Å²) in [4.78, 5) is 22.3. The number of hydrogen-bond acceptors (Lipinski definition) is 7. The SMILES string of the molecule is CN(C)NC(=O)c1ccc(Sc2cc3nccn3c(Nc3cc(C4CC4)[nH]n3)n2)cc1. The molecule has 0 bridgehead atoms. The van der Waals surface area contributed by atoms with Gasteiger partial charge in [-0.25, -0.2) is 15.0 Å². The lowest BCUT2D eigenvalue weighted by Gasteiger charge is -2.12. The molecule has 0 aliphatic heterocycles. The zero-order chi connectivity index (χ0) is 21.4. The number of aromatic nitrogens is 5. The van der Waals surface area contributed by atoms with Gasteiger partial charge in [0, 0.05) is 60.7 Å². The van der Waals surface area contributed by atoms with Crippen LogP contribution in [0.25, 0.3) is 5.65 Å². The van der Waals surface area contributed by atoms with Gasteiger partial charge in [0.05, 0.1) is 0 Å². The van der Waals surface area contributed by atoms with Gasteiger partial charge in [0.2, 0.25) is 5.95 Å². The summed E-state index contributed by atoms with van der Waals surface area (Å²) in [5.74, 6) is 1.85. The van der Waals surface area contributed by atoms with Gasteiger partial charge in [-0.1, -0.05) is 11.8 Å². The van der Waals surface area contributed by atoms with Gasteiger partial charge in [0.25, 0.3) is 5.91 Å². The second-order valence-corrected chi connectivity index (χ2v) is 8.74. The molecule has 3 N–H and O–H groups in total. The molecule has 9 nitrogen and oxygen atoms in total. The van der Waals surface area contributed by atoms with Crippen LogP contribution in [-0.4, -0.2) is 49.6 Å². The molecule has 1 saturated carbocycles. The number of nitrogens with one attached hydrogen (secondary N) is 3. The third-order valence-electron chi connectivity index (χ3n) is 4.89. The van der Waals surface area contributed by atoms with Gasteiger partial charge >= 0.3 is 0 Å². The van der Waals surface area contributed by atoms with Crippen LogP contribution in [0.2, 0.25) is 0 Å². The number of amides is 1. The zero-order valence-electron chi connectivity index (χ0n) is 17.2. The summed E-state index contributed by atoms with van der Waals surface area (Å²) >= 11 is 1.51. The van der Waals surface area contributed by atoms with E-state index in [4.69, 9.17) is 4.98 Å². The van der Waals surface area contributed by atoms with Crippen LogP contribution in [0.3, 0.4) is 0 Å². The van der Waals surface area contributed by atoms with Gasteiger partial charge in [-0.05, 0) is 37.1 Å². The Morgan fingerprint density at radius 1 is 1.23 bits per heavy atom. The van der Waals surface area contributed by atoms with Crippen molar-refractivity contribution in [3.63, 3.8) is 0 Å². The third kappa shape index (κ3) is 4.39. The van der Waals surface area contributed by atoms with Crippen molar-refractivity contribution in [3.05, 3.63) is 60.0 Å². The van der Waals surface area contributed by atoms with E-state index in [1.807, 2.05) is 34.9 Å². The standard InChI is InChI=1S/C21H22N8OS/c1-28(2)27-20(30)14-5-7-15(8-6-14)31-19-12-18-22-9-10-29(18)21(24-19)23-17-11-16(25-26-17)13-3-4-13/h5-13H,3-4H2,1-2H3,(H,27,30)(H2,23,24,25,26). The molecule has 3 heterocycles. The van der Waals surface area contributed by atoms with Crippen molar-refractivity contribution in [2.75, 3.05) is 19.4 Å². The predicted molar refractivity (Wildman–Crippen MR) is 119 cm³/mol. The molecule has 1 amide bonds. The summed E-state index contributed by atoms with van der Waals surface area (Å²) < 4.78 is 1.89. The van der Waals surface area contributed by atoms with E-state index in [1.165, 1.54) is 24.6 Å². The molecule has 5 rings (SSSR count). The average molecular weight is 435 g/mol. The first-order valence-electron chi connectivity index (χ1n) is 9.98. The first-order valence-corrected chi connectivity index (χ1v) is 10.8. The van der Waals surface area contributed by atoms with Crippen LogP contribution in [0, 0.1) is 0 Å². The summed E-state index contributed by atoms with van der Waals surface area (Å²) in [6, 6.07) is 11.4. The van der Waals surface area contributed by atoms with E-state index in [1.54, 1.807) is 37.4 Å². The van der Waals surface area contributed by atoms with E-state index < -0.39 is 0 Å². The van der Waals surface area contributed by atoms with Crippen LogP contribution in [-0.2, 0) is 0 Å². The largest absolute Gasteiger partial charge is 0.308 e. The van der Waals surface area contributed by atoms with Crippen molar-refractivity contribution < 1.29 is 4.79 Å². The number of H-pyrrole nitrogens is 1. The Morgan fingerprint density at radius 3 is 2.77 bits per heavy atom. The molecule has 1 aliphatic rings. The minimum atomic E-state index is -0.144. The maximum absolute atomic E-state index is 12.1. The highest BCUT2D eigenvalue weighted by Crippen LogP contribution is 2.39. The minimum Gasteiger partial charge on any atom is -0.308 e. The number of hydrazine groups is 1. The molecule has 0 saturated heterocycles. The fourth-order valence-electron chi connectivity index (χ4n) is 3.22. The Balaban J connectivity index is 1.36. The Labute approximate surface area is 183 Å². The van der Waals surface area contributed by atoms with Crippen LogP contribution >= 0.6 is 11.8 Å². The van der Waals surface area contributed by atoms with Crippen molar-refractivity contribution in [2.45, 2.75) is 28.7 Å². The maximum Gasteiger partial charge on any atom is 0.265 e. The molecule has 0 spiro atoms. The Kier molecular flexibility index (Phi) is 5.08. The van der Waals surface area contributed by atoms with Crippen molar-refractivity contribution in [2.24, 2.45) is 0 Å². The molecule has 158 valence electrons. The normalized spacial score (nSPS) is 13.6. The molecule has 0 unspecified atom stereocenters. The number of aromatic amines is 1. The number of carbonyl (C=O) groups excluding carboxylic acids is 1. The number of rotatable bonds is 7. The molecular weight excluding hydrogens is 412 g/mol. The smallest absolute Gasteiger partial charge is 0.265 e. The van der Waals surface area contributed by atoms with Crippen molar-refractivity contribution >= 4 is 35.1 Å². The molecule has 1 aliphatic carbocycles. The van der Waals surface area contributed by atoms with Crippen molar-refractivity contribution in [1.82, 2.24) is 35.0 Å². The van der Waals surface area contributed by atoms with Gasteiger partial charge in [0.1, 0.15) is 10.7 Å². The highest BCUT2D eigenvalue weighted by molar-refractivity contribution is 7.99. The lowest BCUT2D eigenvalue weighted by atomic mass is 10.2. The second-order valence-electron chi connectivity index (χ2n) is 7.64. The van der Waals surface area contributed by atoms with E-state index in [0.717, 1.165) is 27.1 Å².